The van der Waals surface area contributed by atoms with Gasteiger partial charge in [0.25, 0.3) is 0 Å². The fourth-order valence-electron chi connectivity index (χ4n) is 1.88. The summed E-state index contributed by atoms with van der Waals surface area (Å²) in [5, 5.41) is 3.01. The first kappa shape index (κ1) is 12.5. The highest BCUT2D eigenvalue weighted by Crippen LogP contribution is 2.21. The van der Waals surface area contributed by atoms with Crippen LogP contribution in [0.3, 0.4) is 0 Å². The molecule has 0 atom stereocenters. The summed E-state index contributed by atoms with van der Waals surface area (Å²) in [6, 6.07) is 5.42. The van der Waals surface area contributed by atoms with Gasteiger partial charge in [0.2, 0.25) is 10.0 Å². The van der Waals surface area contributed by atoms with Crippen molar-refractivity contribution < 1.29 is 12.8 Å². The standard InChI is InChI=1S/C11H15FN2O2S/c1-2-14(9-7-13-8-9)17(15,16)11-6-4-3-5-10(11)12/h3-6,9,13H,2,7-8H2,1H3. The van der Waals surface area contributed by atoms with Crippen molar-refractivity contribution in [2.45, 2.75) is 17.9 Å². The van der Waals surface area contributed by atoms with Crippen molar-refractivity contribution in [2.24, 2.45) is 0 Å². The molecule has 0 bridgehead atoms. The summed E-state index contributed by atoms with van der Waals surface area (Å²) < 4.78 is 39.4. The molecule has 0 aliphatic carbocycles. The van der Waals surface area contributed by atoms with Gasteiger partial charge in [0.05, 0.1) is 6.04 Å². The molecular weight excluding hydrogens is 243 g/mol. The van der Waals surface area contributed by atoms with E-state index in [0.717, 1.165) is 0 Å². The Hall–Kier alpha value is -0.980. The number of hydrogen-bond donors (Lipinski definition) is 1. The number of nitrogens with one attached hydrogen (secondary N) is 1. The molecule has 0 radical (unpaired) electrons. The molecule has 1 aromatic carbocycles. The van der Waals surface area contributed by atoms with E-state index >= 15 is 0 Å². The molecule has 1 aliphatic heterocycles. The van der Waals surface area contributed by atoms with Crippen molar-refractivity contribution in [3.63, 3.8) is 0 Å². The van der Waals surface area contributed by atoms with Crippen molar-refractivity contribution in [3.8, 4) is 0 Å². The second-order valence-corrected chi connectivity index (χ2v) is 5.81. The number of halogens is 1. The normalized spacial score (nSPS) is 17.1. The summed E-state index contributed by atoms with van der Waals surface area (Å²) in [6.07, 6.45) is 0. The van der Waals surface area contributed by atoms with Crippen LogP contribution in [0.4, 0.5) is 4.39 Å². The molecule has 0 spiro atoms. The molecule has 0 saturated carbocycles. The van der Waals surface area contributed by atoms with Crippen LogP contribution in [0.5, 0.6) is 0 Å². The minimum absolute atomic E-state index is 0.0652. The second-order valence-electron chi connectivity index (χ2n) is 3.95. The van der Waals surface area contributed by atoms with E-state index in [-0.39, 0.29) is 10.9 Å². The van der Waals surface area contributed by atoms with E-state index in [4.69, 9.17) is 0 Å². The highest BCUT2D eigenvalue weighted by atomic mass is 32.2. The van der Waals surface area contributed by atoms with Gasteiger partial charge >= 0.3 is 0 Å². The Labute approximate surface area is 100 Å². The fraction of sp³-hybridized carbons (Fsp3) is 0.455. The molecule has 1 heterocycles. The van der Waals surface area contributed by atoms with Gasteiger partial charge in [-0.3, -0.25) is 0 Å². The minimum Gasteiger partial charge on any atom is -0.313 e. The van der Waals surface area contributed by atoms with E-state index in [1.807, 2.05) is 0 Å². The first-order valence-corrected chi connectivity index (χ1v) is 6.98. The lowest BCUT2D eigenvalue weighted by atomic mass is 10.2. The Morgan fingerprint density at radius 1 is 1.41 bits per heavy atom. The lowest BCUT2D eigenvalue weighted by Crippen LogP contribution is -2.58. The van der Waals surface area contributed by atoms with Crippen LogP contribution in [-0.4, -0.2) is 38.4 Å². The summed E-state index contributed by atoms with van der Waals surface area (Å²) in [7, 11) is -3.72. The Bertz CT molecular complexity index is 500. The predicted octanol–water partition coefficient (Wildman–Crippen LogP) is 0.808. The predicted molar refractivity (Wildman–Crippen MR) is 62.6 cm³/mol. The first-order chi connectivity index (χ1) is 8.07. The zero-order valence-corrected chi connectivity index (χ0v) is 10.4. The summed E-state index contributed by atoms with van der Waals surface area (Å²) >= 11 is 0. The number of sulfonamides is 1. The average molecular weight is 258 g/mol. The lowest BCUT2D eigenvalue weighted by molar-refractivity contribution is 0.249. The van der Waals surface area contributed by atoms with E-state index in [0.29, 0.717) is 19.6 Å². The molecule has 0 aromatic heterocycles. The Morgan fingerprint density at radius 3 is 2.53 bits per heavy atom. The molecule has 0 amide bonds. The van der Waals surface area contributed by atoms with Crippen molar-refractivity contribution in [1.82, 2.24) is 9.62 Å². The minimum atomic E-state index is -3.72. The van der Waals surface area contributed by atoms with Gasteiger partial charge in [-0.1, -0.05) is 19.1 Å². The van der Waals surface area contributed by atoms with Crippen LogP contribution in [0.2, 0.25) is 0 Å². The van der Waals surface area contributed by atoms with E-state index in [9.17, 15) is 12.8 Å². The molecule has 1 saturated heterocycles. The van der Waals surface area contributed by atoms with Crippen LogP contribution in [0.25, 0.3) is 0 Å². The number of likely N-dealkylation sites (N-methyl/N-ethyl adjacent to an activating group) is 1. The van der Waals surface area contributed by atoms with Crippen molar-refractivity contribution in [3.05, 3.63) is 30.1 Å². The summed E-state index contributed by atoms with van der Waals surface area (Å²) in [5.74, 6) is -0.696. The highest BCUT2D eigenvalue weighted by Gasteiger charge is 2.34. The third-order valence-corrected chi connectivity index (χ3v) is 4.96. The molecule has 2 rings (SSSR count). The lowest BCUT2D eigenvalue weighted by Gasteiger charge is -2.36. The molecule has 4 nitrogen and oxygen atoms in total. The molecule has 0 unspecified atom stereocenters. The zero-order chi connectivity index (χ0) is 12.5. The average Bonchev–Trinajstić information content (AvgIpc) is 2.23. The molecular formula is C11H15FN2O2S. The van der Waals surface area contributed by atoms with Gasteiger partial charge in [0.15, 0.2) is 0 Å². The molecule has 6 heteroatoms. The number of rotatable bonds is 4. The van der Waals surface area contributed by atoms with Gasteiger partial charge in [-0.25, -0.2) is 12.8 Å². The molecule has 1 aromatic rings. The van der Waals surface area contributed by atoms with E-state index < -0.39 is 15.8 Å². The van der Waals surface area contributed by atoms with Gasteiger partial charge in [-0.05, 0) is 12.1 Å². The summed E-state index contributed by atoms with van der Waals surface area (Å²) in [4.78, 5) is -0.242. The van der Waals surface area contributed by atoms with Gasteiger partial charge in [0, 0.05) is 19.6 Å². The SMILES string of the molecule is CCN(C1CNC1)S(=O)(=O)c1ccccc1F. The number of nitrogens with zero attached hydrogens (tertiary/aromatic N) is 1. The third-order valence-electron chi connectivity index (χ3n) is 2.90. The molecule has 17 heavy (non-hydrogen) atoms. The van der Waals surface area contributed by atoms with E-state index in [2.05, 4.69) is 5.32 Å². The Kier molecular flexibility index (Phi) is 3.46. The molecule has 1 fully saturated rings. The van der Waals surface area contributed by atoms with Crippen LogP contribution in [-0.2, 0) is 10.0 Å². The Balaban J connectivity index is 2.37. The maximum atomic E-state index is 13.5. The van der Waals surface area contributed by atoms with Crippen LogP contribution >= 0.6 is 0 Å². The maximum absolute atomic E-state index is 13.5. The van der Waals surface area contributed by atoms with Gasteiger partial charge in [-0.2, -0.15) is 4.31 Å². The molecule has 1 aliphatic rings. The smallest absolute Gasteiger partial charge is 0.246 e. The summed E-state index contributed by atoms with van der Waals surface area (Å²) in [5.41, 5.74) is 0. The first-order valence-electron chi connectivity index (χ1n) is 5.54. The quantitative estimate of drug-likeness (QED) is 0.869. The summed E-state index contributed by atoms with van der Waals surface area (Å²) in [6.45, 7) is 3.36. The van der Waals surface area contributed by atoms with Gasteiger partial charge < -0.3 is 5.32 Å². The van der Waals surface area contributed by atoms with Crippen molar-refractivity contribution in [2.75, 3.05) is 19.6 Å². The highest BCUT2D eigenvalue weighted by molar-refractivity contribution is 7.89. The van der Waals surface area contributed by atoms with Crippen LogP contribution in [0.15, 0.2) is 29.2 Å². The van der Waals surface area contributed by atoms with E-state index in [1.54, 1.807) is 6.92 Å². The Morgan fingerprint density at radius 2 is 2.06 bits per heavy atom. The second kappa shape index (κ2) is 4.72. The maximum Gasteiger partial charge on any atom is 0.246 e. The zero-order valence-electron chi connectivity index (χ0n) is 9.56. The largest absolute Gasteiger partial charge is 0.313 e. The van der Waals surface area contributed by atoms with Crippen molar-refractivity contribution >= 4 is 10.0 Å². The monoisotopic (exact) mass is 258 g/mol. The third kappa shape index (κ3) is 2.20. The number of benzene rings is 1. The van der Waals surface area contributed by atoms with Crippen molar-refractivity contribution in [1.29, 1.82) is 0 Å². The topological polar surface area (TPSA) is 49.4 Å². The van der Waals surface area contributed by atoms with Crippen LogP contribution in [0, 0.1) is 5.82 Å². The fourth-order valence-corrected chi connectivity index (χ4v) is 3.58. The van der Waals surface area contributed by atoms with Gasteiger partial charge in [0.1, 0.15) is 10.7 Å². The molecule has 1 N–H and O–H groups in total. The van der Waals surface area contributed by atoms with Crippen LogP contribution < -0.4 is 5.32 Å². The van der Waals surface area contributed by atoms with Crippen LogP contribution in [0.1, 0.15) is 6.92 Å². The molecule has 94 valence electrons. The van der Waals surface area contributed by atoms with Gasteiger partial charge in [-0.15, -0.1) is 0 Å². The van der Waals surface area contributed by atoms with E-state index in [1.165, 1.54) is 28.6 Å². The number of hydrogen-bond acceptors (Lipinski definition) is 3.